The highest BCUT2D eigenvalue weighted by atomic mass is 35.5. The quantitative estimate of drug-likeness (QED) is 0.790. The van der Waals surface area contributed by atoms with Crippen molar-refractivity contribution in [1.82, 2.24) is 9.78 Å². The summed E-state index contributed by atoms with van der Waals surface area (Å²) in [7, 11) is 1.63. The number of aromatic nitrogens is 2. The summed E-state index contributed by atoms with van der Waals surface area (Å²) < 4.78 is 6.94. The second-order valence-electron chi connectivity index (χ2n) is 5.04. The summed E-state index contributed by atoms with van der Waals surface area (Å²) >= 11 is 0. The molecule has 24 heavy (non-hydrogen) atoms. The predicted octanol–water partition coefficient (Wildman–Crippen LogP) is 3.30. The summed E-state index contributed by atoms with van der Waals surface area (Å²) in [6.07, 6.45) is 0. The Morgan fingerprint density at radius 2 is 1.79 bits per heavy atom. The Hall–Kier alpha value is -2.81. The van der Waals surface area contributed by atoms with Gasteiger partial charge < -0.3 is 10.5 Å². The van der Waals surface area contributed by atoms with Gasteiger partial charge in [-0.2, -0.15) is 10.4 Å². The van der Waals surface area contributed by atoms with E-state index in [0.29, 0.717) is 12.2 Å². The third kappa shape index (κ3) is 3.40. The maximum Gasteiger partial charge on any atom is 0.163 e. The first-order valence-electron chi connectivity index (χ1n) is 7.19. The van der Waals surface area contributed by atoms with Crippen LogP contribution in [-0.4, -0.2) is 16.9 Å². The Balaban J connectivity index is 0.00000208. The highest BCUT2D eigenvalue weighted by Gasteiger charge is 2.11. The molecule has 0 radical (unpaired) electrons. The van der Waals surface area contributed by atoms with Crippen molar-refractivity contribution in [2.24, 2.45) is 5.73 Å². The molecule has 3 rings (SSSR count). The van der Waals surface area contributed by atoms with Gasteiger partial charge in [-0.15, -0.1) is 12.4 Å². The van der Waals surface area contributed by atoms with Gasteiger partial charge in [0.2, 0.25) is 0 Å². The zero-order chi connectivity index (χ0) is 16.2. The van der Waals surface area contributed by atoms with Crippen molar-refractivity contribution in [3.8, 4) is 28.8 Å². The predicted molar refractivity (Wildman–Crippen MR) is 95.4 cm³/mol. The van der Waals surface area contributed by atoms with E-state index in [1.54, 1.807) is 17.9 Å². The average molecular weight is 341 g/mol. The van der Waals surface area contributed by atoms with Crippen molar-refractivity contribution < 1.29 is 4.74 Å². The van der Waals surface area contributed by atoms with E-state index < -0.39 is 0 Å². The van der Waals surface area contributed by atoms with Gasteiger partial charge in [0, 0.05) is 18.2 Å². The monoisotopic (exact) mass is 340 g/mol. The summed E-state index contributed by atoms with van der Waals surface area (Å²) in [5, 5.41) is 13.5. The van der Waals surface area contributed by atoms with E-state index in [4.69, 9.17) is 10.5 Å². The van der Waals surface area contributed by atoms with Gasteiger partial charge in [0.15, 0.2) is 5.69 Å². The largest absolute Gasteiger partial charge is 0.497 e. The van der Waals surface area contributed by atoms with Crippen LogP contribution in [-0.2, 0) is 6.54 Å². The number of ether oxygens (including phenoxy) is 1. The Bertz CT molecular complexity index is 783. The van der Waals surface area contributed by atoms with Crippen LogP contribution in [0, 0.1) is 11.3 Å². The second-order valence-corrected chi connectivity index (χ2v) is 5.04. The molecule has 6 heteroatoms. The van der Waals surface area contributed by atoms with Gasteiger partial charge in [0.05, 0.1) is 18.5 Å². The number of halogens is 1. The molecule has 1 heterocycles. The number of hydrogen-bond acceptors (Lipinski definition) is 4. The third-order valence-electron chi connectivity index (χ3n) is 3.63. The molecule has 0 aliphatic carbocycles. The lowest BCUT2D eigenvalue weighted by atomic mass is 10.1. The minimum Gasteiger partial charge on any atom is -0.497 e. The van der Waals surface area contributed by atoms with E-state index in [1.807, 2.05) is 48.5 Å². The van der Waals surface area contributed by atoms with Crippen molar-refractivity contribution in [3.05, 3.63) is 65.9 Å². The van der Waals surface area contributed by atoms with Crippen LogP contribution in [0.15, 0.2) is 54.6 Å². The molecule has 2 aromatic carbocycles. The normalized spacial score (nSPS) is 9.88. The first kappa shape index (κ1) is 17.5. The minimum atomic E-state index is 0. The number of nitrogens with zero attached hydrogens (tertiary/aromatic N) is 3. The van der Waals surface area contributed by atoms with Crippen molar-refractivity contribution in [2.45, 2.75) is 6.54 Å². The molecule has 1 aromatic heterocycles. The number of rotatable bonds is 4. The second kappa shape index (κ2) is 7.64. The molecule has 0 bridgehead atoms. The number of hydrogen-bond donors (Lipinski definition) is 1. The molecular weight excluding hydrogens is 324 g/mol. The summed E-state index contributed by atoms with van der Waals surface area (Å²) in [5.41, 5.74) is 9.78. The van der Waals surface area contributed by atoms with Crippen molar-refractivity contribution in [2.75, 3.05) is 7.11 Å². The summed E-state index contributed by atoms with van der Waals surface area (Å²) in [4.78, 5) is 0. The molecule has 0 amide bonds. The van der Waals surface area contributed by atoms with Gasteiger partial charge >= 0.3 is 0 Å². The summed E-state index contributed by atoms with van der Waals surface area (Å²) in [6.45, 7) is 0.501. The topological polar surface area (TPSA) is 76.9 Å². The Morgan fingerprint density at radius 1 is 1.12 bits per heavy atom. The first-order valence-corrected chi connectivity index (χ1v) is 7.19. The van der Waals surface area contributed by atoms with Crippen LogP contribution in [0.25, 0.3) is 16.9 Å². The molecule has 0 aliphatic heterocycles. The van der Waals surface area contributed by atoms with E-state index in [2.05, 4.69) is 11.2 Å². The number of benzene rings is 2. The lowest BCUT2D eigenvalue weighted by molar-refractivity contribution is 0.414. The number of methoxy groups -OCH3 is 1. The maximum absolute atomic E-state index is 9.17. The van der Waals surface area contributed by atoms with E-state index in [1.165, 1.54) is 0 Å². The first-order chi connectivity index (χ1) is 11.2. The van der Waals surface area contributed by atoms with Crippen LogP contribution in [0.2, 0.25) is 0 Å². The molecule has 0 aliphatic rings. The van der Waals surface area contributed by atoms with Crippen LogP contribution < -0.4 is 10.5 Å². The van der Waals surface area contributed by atoms with Gasteiger partial charge in [-0.3, -0.25) is 0 Å². The Kier molecular flexibility index (Phi) is 5.59. The van der Waals surface area contributed by atoms with E-state index in [9.17, 15) is 5.26 Å². The SMILES string of the molecule is COc1ccc(-n2nc(C#N)cc2-c2ccc(CN)cc2)cc1.Cl. The fourth-order valence-electron chi connectivity index (χ4n) is 2.37. The van der Waals surface area contributed by atoms with Crippen LogP contribution in [0.5, 0.6) is 5.75 Å². The fourth-order valence-corrected chi connectivity index (χ4v) is 2.37. The van der Waals surface area contributed by atoms with Crippen LogP contribution in [0.1, 0.15) is 11.3 Å². The molecule has 0 fully saturated rings. The highest BCUT2D eigenvalue weighted by molar-refractivity contribution is 5.85. The molecule has 122 valence electrons. The van der Waals surface area contributed by atoms with E-state index >= 15 is 0 Å². The van der Waals surface area contributed by atoms with Crippen LogP contribution >= 0.6 is 12.4 Å². The number of nitriles is 1. The molecule has 5 nitrogen and oxygen atoms in total. The Morgan fingerprint density at radius 3 is 2.33 bits per heavy atom. The van der Waals surface area contributed by atoms with Crippen molar-refractivity contribution in [3.63, 3.8) is 0 Å². The summed E-state index contributed by atoms with van der Waals surface area (Å²) in [5.74, 6) is 0.773. The zero-order valence-electron chi connectivity index (χ0n) is 13.1. The van der Waals surface area contributed by atoms with E-state index in [0.717, 1.165) is 28.3 Å². The molecule has 3 aromatic rings. The molecular formula is C18H17ClN4O. The van der Waals surface area contributed by atoms with Gasteiger partial charge in [0.25, 0.3) is 0 Å². The number of nitrogens with two attached hydrogens (primary N) is 1. The van der Waals surface area contributed by atoms with Crippen molar-refractivity contribution in [1.29, 1.82) is 5.26 Å². The standard InChI is InChI=1S/C18H16N4O.ClH/c1-23-17-8-6-16(7-9-17)22-18(10-15(12-20)21-22)14-4-2-13(11-19)3-5-14;/h2-10H,11,19H2,1H3;1H. The van der Waals surface area contributed by atoms with Crippen LogP contribution in [0.3, 0.4) is 0 Å². The molecule has 0 saturated carbocycles. The van der Waals surface area contributed by atoms with Gasteiger partial charge in [-0.25, -0.2) is 4.68 Å². The smallest absolute Gasteiger partial charge is 0.163 e. The molecule has 0 spiro atoms. The maximum atomic E-state index is 9.17. The average Bonchev–Trinajstić information content (AvgIpc) is 3.06. The molecule has 0 unspecified atom stereocenters. The van der Waals surface area contributed by atoms with Gasteiger partial charge in [0.1, 0.15) is 11.8 Å². The van der Waals surface area contributed by atoms with E-state index in [-0.39, 0.29) is 12.4 Å². The Labute approximate surface area is 146 Å². The molecule has 0 saturated heterocycles. The van der Waals surface area contributed by atoms with Gasteiger partial charge in [-0.1, -0.05) is 24.3 Å². The van der Waals surface area contributed by atoms with Crippen LogP contribution in [0.4, 0.5) is 0 Å². The minimum absolute atomic E-state index is 0. The molecule has 0 atom stereocenters. The summed E-state index contributed by atoms with van der Waals surface area (Å²) in [6, 6.07) is 19.4. The molecule has 2 N–H and O–H groups in total. The zero-order valence-corrected chi connectivity index (χ0v) is 14.0. The lowest BCUT2D eigenvalue weighted by Gasteiger charge is -2.09. The fraction of sp³-hybridized carbons (Fsp3) is 0.111. The third-order valence-corrected chi connectivity index (χ3v) is 3.63. The highest BCUT2D eigenvalue weighted by Crippen LogP contribution is 2.25. The lowest BCUT2D eigenvalue weighted by Crippen LogP contribution is -2.00. The van der Waals surface area contributed by atoms with Crippen molar-refractivity contribution >= 4 is 12.4 Å². The van der Waals surface area contributed by atoms with Gasteiger partial charge in [-0.05, 0) is 29.8 Å².